The Morgan fingerprint density at radius 2 is 1.75 bits per heavy atom. The SMILES string of the molecule is O=C1CC[C@H](C(=O)N2CCC(c3ccc(NC(=O)N4CC(c5cccnc5)C4)cc3)C2)N1. The summed E-state index contributed by atoms with van der Waals surface area (Å²) in [6.07, 6.45) is 5.55. The minimum atomic E-state index is -0.363. The fourth-order valence-electron chi connectivity index (χ4n) is 4.77. The number of carbonyl (C=O) groups excluding carboxylic acids is 3. The molecule has 5 rings (SSSR count). The van der Waals surface area contributed by atoms with Crippen molar-refractivity contribution in [1.29, 1.82) is 0 Å². The van der Waals surface area contributed by atoms with Gasteiger partial charge in [-0.15, -0.1) is 0 Å². The first kappa shape index (κ1) is 20.5. The lowest BCUT2D eigenvalue weighted by Gasteiger charge is -2.39. The highest BCUT2D eigenvalue weighted by molar-refractivity contribution is 5.91. The van der Waals surface area contributed by atoms with Crippen molar-refractivity contribution in [2.75, 3.05) is 31.5 Å². The van der Waals surface area contributed by atoms with Crippen molar-refractivity contribution in [3.05, 3.63) is 59.9 Å². The molecule has 2 atom stereocenters. The first-order valence-electron chi connectivity index (χ1n) is 11.2. The van der Waals surface area contributed by atoms with E-state index in [1.54, 1.807) is 11.1 Å². The van der Waals surface area contributed by atoms with Gasteiger partial charge >= 0.3 is 6.03 Å². The van der Waals surface area contributed by atoms with Crippen LogP contribution < -0.4 is 10.6 Å². The molecule has 0 bridgehead atoms. The second kappa shape index (κ2) is 8.61. The third-order valence-corrected chi connectivity index (χ3v) is 6.75. The average Bonchev–Trinajstić information content (AvgIpc) is 3.43. The first-order chi connectivity index (χ1) is 15.6. The molecular weight excluding hydrogens is 406 g/mol. The number of anilines is 1. The van der Waals surface area contributed by atoms with Crippen LogP contribution in [0.15, 0.2) is 48.8 Å². The van der Waals surface area contributed by atoms with E-state index in [0.29, 0.717) is 44.9 Å². The number of amides is 4. The maximum Gasteiger partial charge on any atom is 0.321 e. The van der Waals surface area contributed by atoms with Crippen molar-refractivity contribution < 1.29 is 14.4 Å². The van der Waals surface area contributed by atoms with Gasteiger partial charge in [-0.05, 0) is 42.2 Å². The molecule has 32 heavy (non-hydrogen) atoms. The maximum absolute atomic E-state index is 12.6. The van der Waals surface area contributed by atoms with Crippen molar-refractivity contribution in [3.63, 3.8) is 0 Å². The van der Waals surface area contributed by atoms with Crippen LogP contribution in [0.2, 0.25) is 0 Å². The molecule has 8 heteroatoms. The van der Waals surface area contributed by atoms with E-state index in [1.807, 2.05) is 47.5 Å². The third-order valence-electron chi connectivity index (χ3n) is 6.75. The van der Waals surface area contributed by atoms with Crippen molar-refractivity contribution in [1.82, 2.24) is 20.1 Å². The average molecular weight is 434 g/mol. The van der Waals surface area contributed by atoms with Gasteiger partial charge in [-0.1, -0.05) is 18.2 Å². The Bertz CT molecular complexity index is 1000. The normalized spacial score (nSPS) is 23.1. The molecule has 3 aliphatic heterocycles. The summed E-state index contributed by atoms with van der Waals surface area (Å²) in [5, 5.41) is 5.73. The predicted octanol–water partition coefficient (Wildman–Crippen LogP) is 2.31. The zero-order valence-electron chi connectivity index (χ0n) is 17.9. The fourth-order valence-corrected chi connectivity index (χ4v) is 4.77. The third kappa shape index (κ3) is 4.17. The van der Waals surface area contributed by atoms with Gasteiger partial charge in [0, 0.05) is 62.5 Å². The number of hydrogen-bond acceptors (Lipinski definition) is 4. The number of aromatic nitrogens is 1. The summed E-state index contributed by atoms with van der Waals surface area (Å²) in [6.45, 7) is 2.77. The molecule has 1 aromatic carbocycles. The van der Waals surface area contributed by atoms with Gasteiger partial charge in [-0.2, -0.15) is 0 Å². The van der Waals surface area contributed by atoms with Crippen LogP contribution in [0.4, 0.5) is 10.5 Å². The molecule has 0 radical (unpaired) electrons. The van der Waals surface area contributed by atoms with E-state index in [9.17, 15) is 14.4 Å². The summed E-state index contributed by atoms with van der Waals surface area (Å²) in [7, 11) is 0. The summed E-state index contributed by atoms with van der Waals surface area (Å²) in [5.74, 6) is 0.614. The molecule has 3 aliphatic rings. The van der Waals surface area contributed by atoms with Gasteiger partial charge in [0.25, 0.3) is 0 Å². The quantitative estimate of drug-likeness (QED) is 0.774. The number of nitrogens with one attached hydrogen (secondary N) is 2. The smallest absolute Gasteiger partial charge is 0.321 e. The van der Waals surface area contributed by atoms with Gasteiger partial charge in [-0.3, -0.25) is 14.6 Å². The molecule has 4 heterocycles. The standard InChI is InChI=1S/C24H27N5O3/c30-22-8-7-21(27-22)23(31)28-11-9-18(13-28)16-3-5-20(6-4-16)26-24(32)29-14-19(15-29)17-2-1-10-25-12-17/h1-6,10,12,18-19,21H,7-9,11,13-15H2,(H,26,32)(H,27,30)/t18?,21-/m1/s1. The van der Waals surface area contributed by atoms with E-state index in [0.717, 1.165) is 17.7 Å². The molecule has 1 unspecified atom stereocenters. The van der Waals surface area contributed by atoms with E-state index < -0.39 is 0 Å². The number of rotatable bonds is 4. The molecule has 0 spiro atoms. The van der Waals surface area contributed by atoms with Crippen molar-refractivity contribution in [3.8, 4) is 0 Å². The highest BCUT2D eigenvalue weighted by Crippen LogP contribution is 2.30. The molecule has 166 valence electrons. The number of nitrogens with zero attached hydrogens (tertiary/aromatic N) is 3. The highest BCUT2D eigenvalue weighted by atomic mass is 16.2. The summed E-state index contributed by atoms with van der Waals surface area (Å²) in [6, 6.07) is 11.4. The topological polar surface area (TPSA) is 94.6 Å². The minimum absolute atomic E-state index is 0.0290. The summed E-state index contributed by atoms with van der Waals surface area (Å²) >= 11 is 0. The molecule has 3 fully saturated rings. The molecule has 0 aliphatic carbocycles. The van der Waals surface area contributed by atoms with E-state index in [2.05, 4.69) is 15.6 Å². The Labute approximate surface area is 187 Å². The molecular formula is C24H27N5O3. The zero-order chi connectivity index (χ0) is 22.1. The molecule has 8 nitrogen and oxygen atoms in total. The highest BCUT2D eigenvalue weighted by Gasteiger charge is 2.35. The number of carbonyl (C=O) groups is 3. The maximum atomic E-state index is 12.6. The predicted molar refractivity (Wildman–Crippen MR) is 119 cm³/mol. The van der Waals surface area contributed by atoms with Crippen molar-refractivity contribution in [2.45, 2.75) is 37.1 Å². The monoisotopic (exact) mass is 433 g/mol. The lowest BCUT2D eigenvalue weighted by Crippen LogP contribution is -2.50. The van der Waals surface area contributed by atoms with Crippen LogP contribution in [0.25, 0.3) is 0 Å². The first-order valence-corrected chi connectivity index (χ1v) is 11.2. The van der Waals surface area contributed by atoms with E-state index >= 15 is 0 Å². The van der Waals surface area contributed by atoms with Gasteiger partial charge in [0.1, 0.15) is 6.04 Å². The molecule has 3 saturated heterocycles. The minimum Gasteiger partial charge on any atom is -0.344 e. The van der Waals surface area contributed by atoms with Gasteiger partial charge < -0.3 is 20.4 Å². The van der Waals surface area contributed by atoms with E-state index in [-0.39, 0.29) is 29.8 Å². The van der Waals surface area contributed by atoms with E-state index in [4.69, 9.17) is 0 Å². The lowest BCUT2D eigenvalue weighted by molar-refractivity contribution is -0.133. The van der Waals surface area contributed by atoms with Gasteiger partial charge in [0.15, 0.2) is 0 Å². The van der Waals surface area contributed by atoms with Crippen LogP contribution in [-0.4, -0.2) is 64.9 Å². The summed E-state index contributed by atoms with van der Waals surface area (Å²) in [4.78, 5) is 44.3. The number of likely N-dealkylation sites (tertiary alicyclic amines) is 2. The molecule has 2 aromatic rings. The van der Waals surface area contributed by atoms with Crippen LogP contribution in [0, 0.1) is 0 Å². The Hall–Kier alpha value is -3.42. The second-order valence-corrected chi connectivity index (χ2v) is 8.87. The van der Waals surface area contributed by atoms with Crippen LogP contribution in [0.1, 0.15) is 42.2 Å². The zero-order valence-corrected chi connectivity index (χ0v) is 17.9. The Balaban J connectivity index is 1.11. The Kier molecular flexibility index (Phi) is 5.51. The molecule has 4 amide bonds. The molecule has 1 aromatic heterocycles. The largest absolute Gasteiger partial charge is 0.344 e. The van der Waals surface area contributed by atoms with Crippen LogP contribution in [-0.2, 0) is 9.59 Å². The number of benzene rings is 1. The van der Waals surface area contributed by atoms with Crippen LogP contribution in [0.5, 0.6) is 0 Å². The number of pyridine rings is 1. The van der Waals surface area contributed by atoms with Crippen molar-refractivity contribution in [2.24, 2.45) is 0 Å². The van der Waals surface area contributed by atoms with Gasteiger partial charge in [0.2, 0.25) is 11.8 Å². The van der Waals surface area contributed by atoms with Crippen LogP contribution in [0.3, 0.4) is 0 Å². The van der Waals surface area contributed by atoms with Gasteiger partial charge in [-0.25, -0.2) is 4.79 Å². The van der Waals surface area contributed by atoms with Crippen LogP contribution >= 0.6 is 0 Å². The Morgan fingerprint density at radius 1 is 0.969 bits per heavy atom. The second-order valence-electron chi connectivity index (χ2n) is 8.87. The lowest BCUT2D eigenvalue weighted by atomic mass is 9.93. The van der Waals surface area contributed by atoms with Gasteiger partial charge in [0.05, 0.1) is 0 Å². The van der Waals surface area contributed by atoms with Crippen molar-refractivity contribution >= 4 is 23.5 Å². The fraction of sp³-hybridized carbons (Fsp3) is 0.417. The number of urea groups is 1. The molecule has 2 N–H and O–H groups in total. The molecule has 0 saturated carbocycles. The number of hydrogen-bond donors (Lipinski definition) is 2. The summed E-state index contributed by atoms with van der Waals surface area (Å²) in [5.41, 5.74) is 3.10. The Morgan fingerprint density at radius 3 is 2.44 bits per heavy atom. The summed E-state index contributed by atoms with van der Waals surface area (Å²) < 4.78 is 0. The van der Waals surface area contributed by atoms with E-state index in [1.165, 1.54) is 5.56 Å².